The van der Waals surface area contributed by atoms with E-state index in [4.69, 9.17) is 11.6 Å². The van der Waals surface area contributed by atoms with Crippen LogP contribution in [0.4, 0.5) is 0 Å². The molecule has 1 atom stereocenters. The van der Waals surface area contributed by atoms with Gasteiger partial charge in [-0.25, -0.2) is 0 Å². The minimum atomic E-state index is -0.0280. The van der Waals surface area contributed by atoms with E-state index < -0.39 is 0 Å². The van der Waals surface area contributed by atoms with Crippen LogP contribution in [0.5, 0.6) is 0 Å². The van der Waals surface area contributed by atoms with Crippen molar-refractivity contribution in [2.75, 3.05) is 6.54 Å². The number of halogens is 1. The van der Waals surface area contributed by atoms with E-state index in [1.165, 1.54) is 5.56 Å². The maximum atomic E-state index is 12.7. The van der Waals surface area contributed by atoms with Crippen LogP contribution >= 0.6 is 11.6 Å². The average Bonchev–Trinajstić information content (AvgIpc) is 2.52. The lowest BCUT2D eigenvalue weighted by Crippen LogP contribution is -2.39. The Kier molecular flexibility index (Phi) is 4.26. The molecule has 0 saturated carbocycles. The third-order valence-electron chi connectivity index (χ3n) is 4.02. The lowest BCUT2D eigenvalue weighted by Gasteiger charge is -2.32. The van der Waals surface area contributed by atoms with Gasteiger partial charge >= 0.3 is 0 Å². The molecule has 0 N–H and O–H groups in total. The molecule has 108 valence electrons. The first-order chi connectivity index (χ1) is 10.2. The van der Waals surface area contributed by atoms with Crippen molar-refractivity contribution in [1.29, 1.82) is 0 Å². The molecule has 21 heavy (non-hydrogen) atoms. The Balaban J connectivity index is 1.76. The van der Waals surface area contributed by atoms with Crippen LogP contribution in [0.3, 0.4) is 0 Å². The van der Waals surface area contributed by atoms with Gasteiger partial charge in [-0.3, -0.25) is 4.79 Å². The fraction of sp³-hybridized carbons (Fsp3) is 0.278. The summed E-state index contributed by atoms with van der Waals surface area (Å²) in [5, 5.41) is 0.711. The summed E-state index contributed by atoms with van der Waals surface area (Å²) in [4.78, 5) is 14.7. The van der Waals surface area contributed by atoms with E-state index in [9.17, 15) is 4.79 Å². The van der Waals surface area contributed by atoms with Crippen LogP contribution in [0.2, 0.25) is 5.02 Å². The summed E-state index contributed by atoms with van der Waals surface area (Å²) in [5.41, 5.74) is 2.25. The fourth-order valence-corrected chi connectivity index (χ4v) is 3.03. The van der Waals surface area contributed by atoms with Crippen molar-refractivity contribution in [3.05, 3.63) is 70.7 Å². The van der Waals surface area contributed by atoms with Gasteiger partial charge in [0.05, 0.1) is 5.92 Å². The summed E-state index contributed by atoms with van der Waals surface area (Å²) < 4.78 is 0. The van der Waals surface area contributed by atoms with E-state index in [0.717, 1.165) is 24.9 Å². The van der Waals surface area contributed by atoms with Crippen LogP contribution < -0.4 is 0 Å². The highest BCUT2D eigenvalue weighted by atomic mass is 35.5. The van der Waals surface area contributed by atoms with Gasteiger partial charge in [0, 0.05) is 18.1 Å². The zero-order valence-electron chi connectivity index (χ0n) is 11.8. The number of hydrogen-bond acceptors (Lipinski definition) is 1. The van der Waals surface area contributed by atoms with E-state index >= 15 is 0 Å². The van der Waals surface area contributed by atoms with E-state index in [2.05, 4.69) is 12.1 Å². The summed E-state index contributed by atoms with van der Waals surface area (Å²) in [5.74, 6) is 0.201. The monoisotopic (exact) mass is 299 g/mol. The number of rotatable bonds is 3. The maximum absolute atomic E-state index is 12.7. The third kappa shape index (κ3) is 3.27. The van der Waals surface area contributed by atoms with Gasteiger partial charge in [0.2, 0.25) is 5.91 Å². The number of piperidine rings is 1. The molecule has 0 radical (unpaired) electrons. The van der Waals surface area contributed by atoms with E-state index in [-0.39, 0.29) is 11.8 Å². The van der Waals surface area contributed by atoms with Crippen molar-refractivity contribution in [3.63, 3.8) is 0 Å². The molecule has 0 aromatic heterocycles. The predicted octanol–water partition coefficient (Wildman–Crippen LogP) is 4.25. The van der Waals surface area contributed by atoms with Gasteiger partial charge in [-0.1, -0.05) is 54.1 Å². The first kappa shape index (κ1) is 14.2. The first-order valence-electron chi connectivity index (χ1n) is 7.32. The molecule has 1 heterocycles. The van der Waals surface area contributed by atoms with Gasteiger partial charge in [0.1, 0.15) is 0 Å². The Morgan fingerprint density at radius 1 is 1.05 bits per heavy atom. The number of hydrogen-bond donors (Lipinski definition) is 0. The van der Waals surface area contributed by atoms with Gasteiger partial charge in [-0.2, -0.15) is 0 Å². The average molecular weight is 300 g/mol. The number of carbonyl (C=O) groups is 1. The first-order valence-corrected chi connectivity index (χ1v) is 7.70. The Labute approximate surface area is 130 Å². The van der Waals surface area contributed by atoms with Gasteiger partial charge in [0.15, 0.2) is 0 Å². The molecule has 2 aromatic rings. The highest BCUT2D eigenvalue weighted by molar-refractivity contribution is 6.30. The standard InChI is InChI=1S/C18H18ClNO/c19-16-10-8-15(9-11-16)17-7-4-12-20(18(17)21)13-14-5-2-1-3-6-14/h1-3,5-6,8-11,17H,4,7,12-13H2. The molecule has 1 saturated heterocycles. The minimum absolute atomic E-state index is 0.0280. The normalized spacial score (nSPS) is 18.8. The van der Waals surface area contributed by atoms with Crippen molar-refractivity contribution in [2.24, 2.45) is 0 Å². The second kappa shape index (κ2) is 6.31. The largest absolute Gasteiger partial charge is 0.338 e. The smallest absolute Gasteiger partial charge is 0.230 e. The van der Waals surface area contributed by atoms with Crippen LogP contribution in [-0.2, 0) is 11.3 Å². The summed E-state index contributed by atoms with van der Waals surface area (Å²) in [6, 6.07) is 17.8. The van der Waals surface area contributed by atoms with E-state index in [0.29, 0.717) is 11.6 Å². The van der Waals surface area contributed by atoms with Crippen molar-refractivity contribution < 1.29 is 4.79 Å². The molecule has 1 fully saturated rings. The second-order valence-corrected chi connectivity index (χ2v) is 5.93. The third-order valence-corrected chi connectivity index (χ3v) is 4.27. The van der Waals surface area contributed by atoms with Crippen molar-refractivity contribution in [1.82, 2.24) is 4.90 Å². The lowest BCUT2D eigenvalue weighted by molar-refractivity contribution is -0.135. The van der Waals surface area contributed by atoms with Gasteiger partial charge in [-0.05, 0) is 36.1 Å². The number of carbonyl (C=O) groups excluding carboxylic acids is 1. The van der Waals surface area contributed by atoms with Crippen molar-refractivity contribution in [2.45, 2.75) is 25.3 Å². The van der Waals surface area contributed by atoms with Crippen molar-refractivity contribution >= 4 is 17.5 Å². The van der Waals surface area contributed by atoms with Crippen LogP contribution in [0.1, 0.15) is 29.9 Å². The minimum Gasteiger partial charge on any atom is -0.338 e. The second-order valence-electron chi connectivity index (χ2n) is 5.49. The highest BCUT2D eigenvalue weighted by Crippen LogP contribution is 2.29. The van der Waals surface area contributed by atoms with Crippen LogP contribution in [-0.4, -0.2) is 17.4 Å². The number of benzene rings is 2. The van der Waals surface area contributed by atoms with Crippen LogP contribution in [0, 0.1) is 0 Å². The predicted molar refractivity (Wildman–Crippen MR) is 85.3 cm³/mol. The SMILES string of the molecule is O=C1C(c2ccc(Cl)cc2)CCCN1Cc1ccccc1. The Morgan fingerprint density at radius 2 is 1.76 bits per heavy atom. The molecule has 2 aromatic carbocycles. The molecule has 1 unspecified atom stereocenters. The maximum Gasteiger partial charge on any atom is 0.230 e. The Hall–Kier alpha value is -1.80. The molecular weight excluding hydrogens is 282 g/mol. The van der Waals surface area contributed by atoms with E-state index in [1.807, 2.05) is 47.4 Å². The van der Waals surface area contributed by atoms with Crippen LogP contribution in [0.25, 0.3) is 0 Å². The molecule has 1 amide bonds. The van der Waals surface area contributed by atoms with Gasteiger partial charge < -0.3 is 4.90 Å². The summed E-state index contributed by atoms with van der Waals surface area (Å²) >= 11 is 5.93. The summed E-state index contributed by atoms with van der Waals surface area (Å²) in [7, 11) is 0. The molecule has 3 heteroatoms. The number of likely N-dealkylation sites (tertiary alicyclic amines) is 1. The molecule has 2 nitrogen and oxygen atoms in total. The summed E-state index contributed by atoms with van der Waals surface area (Å²) in [6.45, 7) is 1.54. The molecule has 0 bridgehead atoms. The molecule has 3 rings (SSSR count). The molecular formula is C18H18ClNO. The zero-order chi connectivity index (χ0) is 14.7. The van der Waals surface area contributed by atoms with Gasteiger partial charge in [-0.15, -0.1) is 0 Å². The van der Waals surface area contributed by atoms with Crippen molar-refractivity contribution in [3.8, 4) is 0 Å². The highest BCUT2D eigenvalue weighted by Gasteiger charge is 2.29. The quantitative estimate of drug-likeness (QED) is 0.830. The summed E-state index contributed by atoms with van der Waals surface area (Å²) in [6.07, 6.45) is 1.97. The molecule has 1 aliphatic heterocycles. The Bertz CT molecular complexity index is 609. The Morgan fingerprint density at radius 3 is 2.48 bits per heavy atom. The van der Waals surface area contributed by atoms with E-state index in [1.54, 1.807) is 0 Å². The van der Waals surface area contributed by atoms with Crippen LogP contribution in [0.15, 0.2) is 54.6 Å². The zero-order valence-corrected chi connectivity index (χ0v) is 12.6. The lowest BCUT2D eigenvalue weighted by atomic mass is 9.89. The molecule has 0 spiro atoms. The molecule has 1 aliphatic rings. The van der Waals surface area contributed by atoms with Gasteiger partial charge in [0.25, 0.3) is 0 Å². The topological polar surface area (TPSA) is 20.3 Å². The fourth-order valence-electron chi connectivity index (χ4n) is 2.91. The number of nitrogens with zero attached hydrogens (tertiary/aromatic N) is 1. The number of amides is 1. The molecule has 0 aliphatic carbocycles.